The molecule has 0 saturated heterocycles. The minimum Gasteiger partial charge on any atom is -0.447 e. The molecule has 0 bridgehead atoms. The number of allylic oxidation sites excluding steroid dienone is 4. The topological polar surface area (TPSA) is 61.6 Å². The summed E-state index contributed by atoms with van der Waals surface area (Å²) in [6.07, 6.45) is 23.4. The van der Waals surface area contributed by atoms with Crippen LogP contribution in [0.2, 0.25) is 0 Å². The average Bonchev–Trinajstić information content (AvgIpc) is 2.60. The lowest BCUT2D eigenvalue weighted by molar-refractivity contribution is 0.0745. The van der Waals surface area contributed by atoms with E-state index in [9.17, 15) is 4.79 Å². The maximum absolute atomic E-state index is 10.3. The Kier molecular flexibility index (Phi) is 19.7. The van der Waals surface area contributed by atoms with Crippen LogP contribution < -0.4 is 5.73 Å². The van der Waals surface area contributed by atoms with Crippen LogP contribution in [0.4, 0.5) is 4.79 Å². The lowest BCUT2D eigenvalue weighted by Crippen LogP contribution is -2.16. The summed E-state index contributed by atoms with van der Waals surface area (Å²) in [5.41, 5.74) is 4.85. The zero-order chi connectivity index (χ0) is 18.4. The first-order valence-electron chi connectivity index (χ1n) is 10.1. The van der Waals surface area contributed by atoms with Crippen molar-refractivity contribution in [3.63, 3.8) is 0 Å². The molecule has 0 rings (SSSR count). The number of ether oxygens (including phenoxy) is 2. The van der Waals surface area contributed by atoms with E-state index in [2.05, 4.69) is 36.0 Å². The molecule has 0 aliphatic carbocycles. The third-order valence-electron chi connectivity index (χ3n) is 3.96. The summed E-state index contributed by atoms with van der Waals surface area (Å²) >= 11 is 0. The van der Waals surface area contributed by atoms with Crippen LogP contribution in [0.1, 0.15) is 84.0 Å². The number of hydrogen-bond acceptors (Lipinski definition) is 3. The molecular weight excluding hydrogens is 314 g/mol. The van der Waals surface area contributed by atoms with Crippen molar-refractivity contribution in [1.82, 2.24) is 0 Å². The van der Waals surface area contributed by atoms with Crippen LogP contribution in [0, 0.1) is 0 Å². The van der Waals surface area contributed by atoms with Crippen LogP contribution in [0.3, 0.4) is 0 Å². The van der Waals surface area contributed by atoms with Crippen LogP contribution in [0.25, 0.3) is 0 Å². The van der Waals surface area contributed by atoms with Gasteiger partial charge in [-0.1, -0.05) is 69.8 Å². The van der Waals surface area contributed by atoms with Crippen molar-refractivity contribution >= 4 is 6.09 Å². The van der Waals surface area contributed by atoms with Gasteiger partial charge < -0.3 is 15.2 Å². The number of rotatable bonds is 18. The van der Waals surface area contributed by atoms with E-state index >= 15 is 0 Å². The summed E-state index contributed by atoms with van der Waals surface area (Å²) < 4.78 is 9.94. The minimum absolute atomic E-state index is 0.248. The average molecular weight is 354 g/mol. The van der Waals surface area contributed by atoms with Crippen molar-refractivity contribution in [3.05, 3.63) is 24.3 Å². The minimum atomic E-state index is -0.739. The van der Waals surface area contributed by atoms with Crippen LogP contribution in [0.5, 0.6) is 0 Å². The molecule has 1 amide bonds. The molecule has 25 heavy (non-hydrogen) atoms. The van der Waals surface area contributed by atoms with Crippen molar-refractivity contribution in [1.29, 1.82) is 0 Å². The van der Waals surface area contributed by atoms with E-state index in [-0.39, 0.29) is 6.61 Å². The van der Waals surface area contributed by atoms with Gasteiger partial charge in [0.05, 0.1) is 6.61 Å². The molecule has 0 aromatic carbocycles. The molecule has 0 saturated carbocycles. The highest BCUT2D eigenvalue weighted by Gasteiger charge is 1.94. The molecule has 146 valence electrons. The Bertz CT molecular complexity index is 340. The monoisotopic (exact) mass is 353 g/mol. The number of carbonyl (C=O) groups is 1. The Hall–Kier alpha value is -1.29. The molecule has 0 aliphatic rings. The summed E-state index contributed by atoms with van der Waals surface area (Å²) in [4.78, 5) is 10.3. The SMILES string of the molecule is CCCCC/C=C\C/C=C\CCCCCCCCOCCOC(N)=O. The fourth-order valence-electron chi connectivity index (χ4n) is 2.50. The van der Waals surface area contributed by atoms with Crippen molar-refractivity contribution < 1.29 is 14.3 Å². The maximum atomic E-state index is 10.3. The van der Waals surface area contributed by atoms with Gasteiger partial charge in [0.25, 0.3) is 0 Å². The van der Waals surface area contributed by atoms with Crippen LogP contribution in [0.15, 0.2) is 24.3 Å². The summed E-state index contributed by atoms with van der Waals surface area (Å²) in [7, 11) is 0. The molecule has 2 N–H and O–H groups in total. The van der Waals surface area contributed by atoms with Gasteiger partial charge in [-0.2, -0.15) is 0 Å². The molecule has 0 unspecified atom stereocenters. The lowest BCUT2D eigenvalue weighted by Gasteiger charge is -2.04. The Morgan fingerprint density at radius 2 is 1.36 bits per heavy atom. The Labute approximate surface area is 154 Å². The smallest absolute Gasteiger partial charge is 0.404 e. The Balaban J connectivity index is 3.13. The standard InChI is InChI=1S/C21H39NO3/c1-2-3-4-5-6-7-8-9-10-11-12-13-14-15-16-17-18-24-19-20-25-21(22)23/h6-7,9-10H,2-5,8,11-20H2,1H3,(H2,22,23)/b7-6-,10-9-. The van der Waals surface area contributed by atoms with Gasteiger partial charge in [-0.05, 0) is 38.5 Å². The second-order valence-electron chi connectivity index (χ2n) is 6.36. The van der Waals surface area contributed by atoms with Gasteiger partial charge in [0.2, 0.25) is 0 Å². The summed E-state index contributed by atoms with van der Waals surface area (Å²) in [6, 6.07) is 0. The van der Waals surface area contributed by atoms with Gasteiger partial charge >= 0.3 is 6.09 Å². The van der Waals surface area contributed by atoms with Gasteiger partial charge in [0.15, 0.2) is 0 Å². The molecular formula is C21H39NO3. The molecule has 4 heteroatoms. The number of unbranched alkanes of at least 4 members (excludes halogenated alkanes) is 9. The highest BCUT2D eigenvalue weighted by Crippen LogP contribution is 2.08. The number of primary amides is 1. The van der Waals surface area contributed by atoms with Crippen LogP contribution >= 0.6 is 0 Å². The van der Waals surface area contributed by atoms with E-state index in [0.29, 0.717) is 6.61 Å². The summed E-state index contributed by atoms with van der Waals surface area (Å²) in [5, 5.41) is 0. The highest BCUT2D eigenvalue weighted by molar-refractivity contribution is 5.64. The molecule has 0 radical (unpaired) electrons. The van der Waals surface area contributed by atoms with Crippen molar-refractivity contribution in [2.45, 2.75) is 84.0 Å². The second-order valence-corrected chi connectivity index (χ2v) is 6.36. The fraction of sp³-hybridized carbons (Fsp3) is 0.762. The zero-order valence-corrected chi connectivity index (χ0v) is 16.2. The molecule has 0 atom stereocenters. The third kappa shape index (κ3) is 22.7. The van der Waals surface area contributed by atoms with Gasteiger partial charge in [0, 0.05) is 6.61 Å². The van der Waals surface area contributed by atoms with E-state index in [0.717, 1.165) is 19.4 Å². The number of nitrogens with two attached hydrogens (primary N) is 1. The third-order valence-corrected chi connectivity index (χ3v) is 3.96. The van der Waals surface area contributed by atoms with Crippen LogP contribution in [-0.2, 0) is 9.47 Å². The molecule has 0 spiro atoms. The predicted molar refractivity (Wildman–Crippen MR) is 106 cm³/mol. The largest absolute Gasteiger partial charge is 0.447 e. The van der Waals surface area contributed by atoms with E-state index in [1.807, 2.05) is 0 Å². The molecule has 0 aromatic rings. The van der Waals surface area contributed by atoms with E-state index in [1.54, 1.807) is 0 Å². The first-order chi connectivity index (χ1) is 12.3. The normalized spacial score (nSPS) is 11.6. The highest BCUT2D eigenvalue weighted by atomic mass is 16.6. The molecule has 0 fully saturated rings. The van der Waals surface area contributed by atoms with Crippen molar-refractivity contribution in [2.75, 3.05) is 19.8 Å². The maximum Gasteiger partial charge on any atom is 0.404 e. The molecule has 4 nitrogen and oxygen atoms in total. The van der Waals surface area contributed by atoms with E-state index in [1.165, 1.54) is 64.2 Å². The summed E-state index contributed by atoms with van der Waals surface area (Å²) in [6.45, 7) is 3.66. The second kappa shape index (κ2) is 20.8. The van der Waals surface area contributed by atoms with Crippen molar-refractivity contribution in [3.8, 4) is 0 Å². The number of carbonyl (C=O) groups excluding carboxylic acids is 1. The van der Waals surface area contributed by atoms with Gasteiger partial charge in [-0.15, -0.1) is 0 Å². The van der Waals surface area contributed by atoms with Gasteiger partial charge in [-0.3, -0.25) is 0 Å². The van der Waals surface area contributed by atoms with Gasteiger partial charge in [-0.25, -0.2) is 4.79 Å². The van der Waals surface area contributed by atoms with Crippen LogP contribution in [-0.4, -0.2) is 25.9 Å². The first-order valence-corrected chi connectivity index (χ1v) is 10.1. The van der Waals surface area contributed by atoms with E-state index in [4.69, 9.17) is 10.5 Å². The number of hydrogen-bond donors (Lipinski definition) is 1. The first kappa shape index (κ1) is 23.7. The zero-order valence-electron chi connectivity index (χ0n) is 16.2. The quantitative estimate of drug-likeness (QED) is 0.246. The summed E-state index contributed by atoms with van der Waals surface area (Å²) in [5.74, 6) is 0. The molecule has 0 aromatic heterocycles. The Morgan fingerprint density at radius 1 is 0.760 bits per heavy atom. The predicted octanol–water partition coefficient (Wildman–Crippen LogP) is 5.91. The molecule has 0 aliphatic heterocycles. The Morgan fingerprint density at radius 3 is 2.00 bits per heavy atom. The van der Waals surface area contributed by atoms with Gasteiger partial charge in [0.1, 0.15) is 6.61 Å². The molecule has 0 heterocycles. The van der Waals surface area contributed by atoms with E-state index < -0.39 is 6.09 Å². The number of amides is 1. The lowest BCUT2D eigenvalue weighted by atomic mass is 10.1. The van der Waals surface area contributed by atoms with Crippen molar-refractivity contribution in [2.24, 2.45) is 5.73 Å². The fourth-order valence-corrected chi connectivity index (χ4v) is 2.50.